The summed E-state index contributed by atoms with van der Waals surface area (Å²) in [6.07, 6.45) is 1.03. The molecule has 0 amide bonds. The predicted molar refractivity (Wildman–Crippen MR) is 96.0 cm³/mol. The number of nitrogens with zero attached hydrogens (tertiary/aromatic N) is 2. The largest absolute Gasteiger partial charge is 0.493 e. The maximum absolute atomic E-state index is 5.32. The Balaban J connectivity index is 1.69. The van der Waals surface area contributed by atoms with E-state index in [0.717, 1.165) is 17.7 Å². The Morgan fingerprint density at radius 3 is 2.44 bits per heavy atom. The molecular formula is C19H21N3O3. The molecule has 1 heterocycles. The van der Waals surface area contributed by atoms with E-state index >= 15 is 0 Å². The van der Waals surface area contributed by atoms with Crippen molar-refractivity contribution in [3.8, 4) is 22.9 Å². The average Bonchev–Trinajstić information content (AvgIpc) is 3.15. The molecule has 1 N–H and O–H groups in total. The topological polar surface area (TPSA) is 69.4 Å². The SMILES string of the molecule is CCc1ccc(NCc2nc(-c3ccc(OC)c(OC)c3)no2)cc1. The van der Waals surface area contributed by atoms with Crippen LogP contribution in [0, 0.1) is 0 Å². The zero-order valence-corrected chi connectivity index (χ0v) is 14.6. The molecule has 0 unspecified atom stereocenters. The molecular weight excluding hydrogens is 318 g/mol. The van der Waals surface area contributed by atoms with E-state index in [9.17, 15) is 0 Å². The summed E-state index contributed by atoms with van der Waals surface area (Å²) in [5, 5.41) is 7.31. The first-order chi connectivity index (χ1) is 12.2. The Morgan fingerprint density at radius 1 is 1.00 bits per heavy atom. The molecule has 0 spiro atoms. The minimum atomic E-state index is 0.464. The van der Waals surface area contributed by atoms with Crippen LogP contribution in [0.25, 0.3) is 11.4 Å². The highest BCUT2D eigenvalue weighted by Gasteiger charge is 2.12. The molecule has 6 nitrogen and oxygen atoms in total. The predicted octanol–water partition coefficient (Wildman–Crippen LogP) is 3.93. The number of aryl methyl sites for hydroxylation is 1. The van der Waals surface area contributed by atoms with Crippen molar-refractivity contribution in [2.24, 2.45) is 0 Å². The molecule has 0 bridgehead atoms. The van der Waals surface area contributed by atoms with Crippen molar-refractivity contribution in [3.05, 3.63) is 53.9 Å². The summed E-state index contributed by atoms with van der Waals surface area (Å²) >= 11 is 0. The van der Waals surface area contributed by atoms with Gasteiger partial charge in [0.15, 0.2) is 11.5 Å². The third-order valence-corrected chi connectivity index (χ3v) is 3.92. The van der Waals surface area contributed by atoms with Crippen LogP contribution in [0.15, 0.2) is 47.0 Å². The van der Waals surface area contributed by atoms with E-state index in [0.29, 0.717) is 29.8 Å². The minimum Gasteiger partial charge on any atom is -0.493 e. The van der Waals surface area contributed by atoms with Crippen molar-refractivity contribution in [2.45, 2.75) is 19.9 Å². The maximum Gasteiger partial charge on any atom is 0.246 e. The normalized spacial score (nSPS) is 10.5. The lowest BCUT2D eigenvalue weighted by molar-refractivity contribution is 0.355. The first kappa shape index (κ1) is 16.8. The van der Waals surface area contributed by atoms with Crippen LogP contribution < -0.4 is 14.8 Å². The Bertz CT molecular complexity index is 828. The summed E-state index contributed by atoms with van der Waals surface area (Å²) in [5.41, 5.74) is 3.13. The Kier molecular flexibility index (Phi) is 5.18. The molecule has 0 aliphatic carbocycles. The molecule has 2 aromatic carbocycles. The number of nitrogens with one attached hydrogen (secondary N) is 1. The van der Waals surface area contributed by atoms with Crippen molar-refractivity contribution in [1.82, 2.24) is 10.1 Å². The molecule has 6 heteroatoms. The second-order valence-electron chi connectivity index (χ2n) is 5.49. The summed E-state index contributed by atoms with van der Waals surface area (Å²) in [6, 6.07) is 13.8. The molecule has 3 aromatic rings. The Labute approximate surface area is 146 Å². The molecule has 0 aliphatic rings. The standard InChI is InChI=1S/C19H21N3O3/c1-4-13-5-8-15(9-6-13)20-12-18-21-19(22-25-18)14-7-10-16(23-2)17(11-14)24-3/h5-11,20H,4,12H2,1-3H3. The van der Waals surface area contributed by atoms with Gasteiger partial charge in [0.05, 0.1) is 20.8 Å². The van der Waals surface area contributed by atoms with Crippen LogP contribution in [0.1, 0.15) is 18.4 Å². The lowest BCUT2D eigenvalue weighted by Crippen LogP contribution is -1.99. The highest BCUT2D eigenvalue weighted by atomic mass is 16.5. The highest BCUT2D eigenvalue weighted by molar-refractivity contribution is 5.60. The summed E-state index contributed by atoms with van der Waals surface area (Å²) in [7, 11) is 3.19. The van der Waals surface area contributed by atoms with Crippen molar-refractivity contribution < 1.29 is 14.0 Å². The monoisotopic (exact) mass is 339 g/mol. The van der Waals surface area contributed by atoms with Crippen LogP contribution >= 0.6 is 0 Å². The minimum absolute atomic E-state index is 0.464. The van der Waals surface area contributed by atoms with Gasteiger partial charge in [0, 0.05) is 11.3 Å². The molecule has 0 fully saturated rings. The molecule has 0 saturated carbocycles. The van der Waals surface area contributed by atoms with Gasteiger partial charge in [-0.15, -0.1) is 0 Å². The van der Waals surface area contributed by atoms with Crippen LogP contribution in [0.5, 0.6) is 11.5 Å². The quantitative estimate of drug-likeness (QED) is 0.703. The number of methoxy groups -OCH3 is 2. The zero-order chi connectivity index (χ0) is 17.6. The van der Waals surface area contributed by atoms with Crippen LogP contribution in [-0.4, -0.2) is 24.4 Å². The number of ether oxygens (including phenoxy) is 2. The summed E-state index contributed by atoms with van der Waals surface area (Å²) in [5.74, 6) is 2.32. The molecule has 0 radical (unpaired) electrons. The Morgan fingerprint density at radius 2 is 1.76 bits per heavy atom. The van der Waals surface area contributed by atoms with E-state index in [4.69, 9.17) is 14.0 Å². The van der Waals surface area contributed by atoms with E-state index in [-0.39, 0.29) is 0 Å². The number of hydrogen-bond donors (Lipinski definition) is 1. The van der Waals surface area contributed by atoms with Gasteiger partial charge >= 0.3 is 0 Å². The smallest absolute Gasteiger partial charge is 0.246 e. The van der Waals surface area contributed by atoms with Crippen molar-refractivity contribution in [3.63, 3.8) is 0 Å². The lowest BCUT2D eigenvalue weighted by atomic mass is 10.1. The van der Waals surface area contributed by atoms with Gasteiger partial charge in [-0.25, -0.2) is 0 Å². The second-order valence-corrected chi connectivity index (χ2v) is 5.49. The molecule has 130 valence electrons. The van der Waals surface area contributed by atoms with Crippen molar-refractivity contribution in [1.29, 1.82) is 0 Å². The van der Waals surface area contributed by atoms with Crippen LogP contribution in [0.4, 0.5) is 5.69 Å². The first-order valence-corrected chi connectivity index (χ1v) is 8.11. The molecule has 1 aromatic heterocycles. The summed E-state index contributed by atoms with van der Waals surface area (Å²) in [6.45, 7) is 2.60. The third-order valence-electron chi connectivity index (χ3n) is 3.92. The van der Waals surface area contributed by atoms with Crippen LogP contribution in [0.3, 0.4) is 0 Å². The van der Waals surface area contributed by atoms with E-state index in [1.165, 1.54) is 5.56 Å². The summed E-state index contributed by atoms with van der Waals surface area (Å²) in [4.78, 5) is 4.42. The van der Waals surface area contributed by atoms with Gasteiger partial charge in [-0.1, -0.05) is 24.2 Å². The Hall–Kier alpha value is -3.02. The fourth-order valence-corrected chi connectivity index (χ4v) is 2.46. The van der Waals surface area contributed by atoms with Gasteiger partial charge in [0.1, 0.15) is 0 Å². The van der Waals surface area contributed by atoms with E-state index in [2.05, 4.69) is 34.5 Å². The molecule has 0 saturated heterocycles. The zero-order valence-electron chi connectivity index (χ0n) is 14.6. The summed E-state index contributed by atoms with van der Waals surface area (Å²) < 4.78 is 15.9. The average molecular weight is 339 g/mol. The van der Waals surface area contributed by atoms with Gasteiger partial charge in [0.25, 0.3) is 0 Å². The van der Waals surface area contributed by atoms with Gasteiger partial charge in [0.2, 0.25) is 11.7 Å². The highest BCUT2D eigenvalue weighted by Crippen LogP contribution is 2.31. The number of anilines is 1. The van der Waals surface area contributed by atoms with E-state index in [1.807, 2.05) is 30.3 Å². The van der Waals surface area contributed by atoms with Gasteiger partial charge in [-0.2, -0.15) is 4.98 Å². The number of aromatic nitrogens is 2. The first-order valence-electron chi connectivity index (χ1n) is 8.11. The maximum atomic E-state index is 5.32. The van der Waals surface area contributed by atoms with Crippen LogP contribution in [0.2, 0.25) is 0 Å². The molecule has 25 heavy (non-hydrogen) atoms. The van der Waals surface area contributed by atoms with Crippen LogP contribution in [-0.2, 0) is 13.0 Å². The van der Waals surface area contributed by atoms with Crippen molar-refractivity contribution in [2.75, 3.05) is 19.5 Å². The number of benzene rings is 2. The van der Waals surface area contributed by atoms with Crippen molar-refractivity contribution >= 4 is 5.69 Å². The molecule has 3 rings (SSSR count). The van der Waals surface area contributed by atoms with E-state index < -0.39 is 0 Å². The molecule has 0 aliphatic heterocycles. The third kappa shape index (κ3) is 3.91. The van der Waals surface area contributed by atoms with Gasteiger partial charge in [-0.05, 0) is 42.3 Å². The lowest BCUT2D eigenvalue weighted by Gasteiger charge is -2.07. The van der Waals surface area contributed by atoms with E-state index in [1.54, 1.807) is 14.2 Å². The second kappa shape index (κ2) is 7.70. The van der Waals surface area contributed by atoms with Gasteiger partial charge < -0.3 is 19.3 Å². The fraction of sp³-hybridized carbons (Fsp3) is 0.263. The molecule has 0 atom stereocenters. The number of hydrogen-bond acceptors (Lipinski definition) is 6. The number of rotatable bonds is 7. The van der Waals surface area contributed by atoms with Gasteiger partial charge in [-0.3, -0.25) is 0 Å². The fourth-order valence-electron chi connectivity index (χ4n) is 2.46.